The van der Waals surface area contributed by atoms with Crippen molar-refractivity contribution in [1.29, 1.82) is 5.26 Å². The maximum atomic E-state index is 10.4. The van der Waals surface area contributed by atoms with Gasteiger partial charge in [0.15, 0.2) is 0 Å². The summed E-state index contributed by atoms with van der Waals surface area (Å²) in [6, 6.07) is 5.59. The fourth-order valence-electron chi connectivity index (χ4n) is 1.52. The summed E-state index contributed by atoms with van der Waals surface area (Å²) in [4.78, 5) is 16.3. The van der Waals surface area contributed by atoms with Crippen LogP contribution in [0.25, 0.3) is 0 Å². The van der Waals surface area contributed by atoms with Crippen molar-refractivity contribution in [3.05, 3.63) is 29.6 Å². The summed E-state index contributed by atoms with van der Waals surface area (Å²) < 4.78 is 0. The average molecular weight is 233 g/mol. The molecule has 0 radical (unpaired) electrons. The zero-order chi connectivity index (χ0) is 12.7. The first-order chi connectivity index (χ1) is 8.11. The van der Waals surface area contributed by atoms with Crippen LogP contribution in [-0.2, 0) is 11.3 Å². The van der Waals surface area contributed by atoms with E-state index in [1.54, 1.807) is 12.3 Å². The molecule has 0 amide bonds. The molecule has 1 aromatic rings. The van der Waals surface area contributed by atoms with Gasteiger partial charge in [0.25, 0.3) is 0 Å². The molecular formula is C12H15N3O2. The summed E-state index contributed by atoms with van der Waals surface area (Å²) in [5, 5.41) is 17.2. The Balaban J connectivity index is 2.42. The highest BCUT2D eigenvalue weighted by atomic mass is 16.4. The first-order valence-electron chi connectivity index (χ1n) is 5.37. The van der Waals surface area contributed by atoms with Crippen molar-refractivity contribution in [1.82, 2.24) is 9.88 Å². The lowest BCUT2D eigenvalue weighted by Gasteiger charge is -2.15. The van der Waals surface area contributed by atoms with Gasteiger partial charge in [-0.1, -0.05) is 0 Å². The number of carbonyl (C=O) groups is 1. The maximum Gasteiger partial charge on any atom is 0.303 e. The summed E-state index contributed by atoms with van der Waals surface area (Å²) in [6.45, 7) is 1.41. The highest BCUT2D eigenvalue weighted by Crippen LogP contribution is 2.05. The van der Waals surface area contributed by atoms with E-state index in [9.17, 15) is 4.79 Å². The van der Waals surface area contributed by atoms with Crippen LogP contribution in [0.2, 0.25) is 0 Å². The third-order valence-corrected chi connectivity index (χ3v) is 2.32. The largest absolute Gasteiger partial charge is 0.481 e. The van der Waals surface area contributed by atoms with Gasteiger partial charge in [0.05, 0.1) is 0 Å². The van der Waals surface area contributed by atoms with Crippen LogP contribution < -0.4 is 0 Å². The molecule has 0 bridgehead atoms. The van der Waals surface area contributed by atoms with E-state index in [2.05, 4.69) is 4.98 Å². The van der Waals surface area contributed by atoms with Crippen LogP contribution >= 0.6 is 0 Å². The van der Waals surface area contributed by atoms with Crippen LogP contribution in [0.1, 0.15) is 24.1 Å². The zero-order valence-electron chi connectivity index (χ0n) is 9.76. The summed E-state index contributed by atoms with van der Waals surface area (Å²) in [6.07, 6.45) is 2.42. The summed E-state index contributed by atoms with van der Waals surface area (Å²) in [5.41, 5.74) is 1.41. The Bertz CT molecular complexity index is 426. The number of aliphatic carboxylic acids is 1. The first kappa shape index (κ1) is 13.1. The van der Waals surface area contributed by atoms with Crippen molar-refractivity contribution in [3.63, 3.8) is 0 Å². The van der Waals surface area contributed by atoms with E-state index in [4.69, 9.17) is 10.4 Å². The normalized spacial score (nSPS) is 10.2. The minimum absolute atomic E-state index is 0.185. The zero-order valence-corrected chi connectivity index (χ0v) is 9.76. The monoisotopic (exact) mass is 233 g/mol. The minimum Gasteiger partial charge on any atom is -0.481 e. The van der Waals surface area contributed by atoms with Gasteiger partial charge in [0, 0.05) is 19.2 Å². The number of carboxylic acid groups (broad SMARTS) is 1. The van der Waals surface area contributed by atoms with Gasteiger partial charge >= 0.3 is 5.97 Å². The fourth-order valence-corrected chi connectivity index (χ4v) is 1.52. The van der Waals surface area contributed by atoms with Gasteiger partial charge < -0.3 is 10.0 Å². The van der Waals surface area contributed by atoms with Crippen molar-refractivity contribution in [3.8, 4) is 6.07 Å². The van der Waals surface area contributed by atoms with Crippen LogP contribution in [-0.4, -0.2) is 34.6 Å². The van der Waals surface area contributed by atoms with Gasteiger partial charge in [-0.2, -0.15) is 5.26 Å². The molecule has 5 heteroatoms. The molecule has 0 saturated heterocycles. The SMILES string of the molecule is CN(CCCC(=O)O)Cc1ccnc(C#N)c1. The van der Waals surface area contributed by atoms with Crippen LogP contribution in [0.5, 0.6) is 0 Å². The Morgan fingerprint density at radius 2 is 2.41 bits per heavy atom. The topological polar surface area (TPSA) is 77.2 Å². The van der Waals surface area contributed by atoms with Gasteiger partial charge in [0.2, 0.25) is 0 Å². The van der Waals surface area contributed by atoms with E-state index in [-0.39, 0.29) is 6.42 Å². The molecule has 0 atom stereocenters. The Kier molecular flexibility index (Phi) is 5.11. The number of aromatic nitrogens is 1. The van der Waals surface area contributed by atoms with Crippen LogP contribution in [0, 0.1) is 11.3 Å². The number of nitrogens with zero attached hydrogens (tertiary/aromatic N) is 3. The lowest BCUT2D eigenvalue weighted by molar-refractivity contribution is -0.137. The number of rotatable bonds is 6. The Morgan fingerprint density at radius 3 is 3.06 bits per heavy atom. The summed E-state index contributed by atoms with van der Waals surface area (Å²) in [7, 11) is 1.92. The predicted octanol–water partition coefficient (Wildman–Crippen LogP) is 1.25. The van der Waals surface area contributed by atoms with Crippen molar-refractivity contribution in [2.45, 2.75) is 19.4 Å². The standard InChI is InChI=1S/C12H15N3O2/c1-15(6-2-3-12(16)17)9-10-4-5-14-11(7-10)8-13/h4-5,7H,2-3,6,9H2,1H3,(H,16,17). The van der Waals surface area contributed by atoms with Crippen LogP contribution in [0.15, 0.2) is 18.3 Å². The van der Waals surface area contributed by atoms with Gasteiger partial charge in [-0.15, -0.1) is 0 Å². The quantitative estimate of drug-likeness (QED) is 0.800. The molecule has 90 valence electrons. The molecule has 0 aromatic carbocycles. The lowest BCUT2D eigenvalue weighted by Crippen LogP contribution is -2.19. The summed E-state index contributed by atoms with van der Waals surface area (Å²) in [5.74, 6) is -0.769. The second-order valence-corrected chi connectivity index (χ2v) is 3.90. The summed E-state index contributed by atoms with van der Waals surface area (Å²) >= 11 is 0. The Labute approximate surface area is 100 Å². The van der Waals surface area contributed by atoms with E-state index in [1.165, 1.54) is 0 Å². The highest BCUT2D eigenvalue weighted by Gasteiger charge is 2.03. The average Bonchev–Trinajstić information content (AvgIpc) is 2.28. The van der Waals surface area contributed by atoms with Gasteiger partial charge in [-0.25, -0.2) is 4.98 Å². The van der Waals surface area contributed by atoms with E-state index in [0.29, 0.717) is 18.7 Å². The first-order valence-corrected chi connectivity index (χ1v) is 5.37. The highest BCUT2D eigenvalue weighted by molar-refractivity contribution is 5.66. The molecule has 0 unspecified atom stereocenters. The second kappa shape index (κ2) is 6.61. The molecule has 0 fully saturated rings. The number of hydrogen-bond acceptors (Lipinski definition) is 4. The van der Waals surface area contributed by atoms with E-state index in [1.807, 2.05) is 24.1 Å². The number of nitriles is 1. The van der Waals surface area contributed by atoms with E-state index >= 15 is 0 Å². The number of hydrogen-bond donors (Lipinski definition) is 1. The molecule has 1 heterocycles. The molecule has 0 spiro atoms. The number of pyridine rings is 1. The van der Waals surface area contributed by atoms with Gasteiger partial charge in [0.1, 0.15) is 11.8 Å². The van der Waals surface area contributed by atoms with Crippen molar-refractivity contribution < 1.29 is 9.90 Å². The fraction of sp³-hybridized carbons (Fsp3) is 0.417. The molecule has 0 aliphatic carbocycles. The molecule has 1 N–H and O–H groups in total. The molecular weight excluding hydrogens is 218 g/mol. The lowest BCUT2D eigenvalue weighted by atomic mass is 10.2. The molecule has 1 aromatic heterocycles. The van der Waals surface area contributed by atoms with Crippen molar-refractivity contribution in [2.24, 2.45) is 0 Å². The van der Waals surface area contributed by atoms with Crippen molar-refractivity contribution >= 4 is 5.97 Å². The molecule has 0 aliphatic rings. The molecule has 17 heavy (non-hydrogen) atoms. The third-order valence-electron chi connectivity index (χ3n) is 2.32. The van der Waals surface area contributed by atoms with Gasteiger partial charge in [-0.05, 0) is 37.7 Å². The van der Waals surface area contributed by atoms with Crippen LogP contribution in [0.4, 0.5) is 0 Å². The van der Waals surface area contributed by atoms with E-state index in [0.717, 1.165) is 12.1 Å². The van der Waals surface area contributed by atoms with Gasteiger partial charge in [-0.3, -0.25) is 4.79 Å². The predicted molar refractivity (Wildman–Crippen MR) is 62.2 cm³/mol. The second-order valence-electron chi connectivity index (χ2n) is 3.90. The molecule has 5 nitrogen and oxygen atoms in total. The molecule has 0 aliphatic heterocycles. The molecule has 1 rings (SSSR count). The van der Waals surface area contributed by atoms with Crippen molar-refractivity contribution in [2.75, 3.05) is 13.6 Å². The Hall–Kier alpha value is -1.93. The third kappa shape index (κ3) is 5.09. The smallest absolute Gasteiger partial charge is 0.303 e. The Morgan fingerprint density at radius 1 is 1.65 bits per heavy atom. The minimum atomic E-state index is -0.769. The maximum absolute atomic E-state index is 10.4. The molecule has 0 saturated carbocycles. The van der Waals surface area contributed by atoms with Crippen LogP contribution in [0.3, 0.4) is 0 Å². The number of carboxylic acids is 1. The van der Waals surface area contributed by atoms with E-state index < -0.39 is 5.97 Å².